The normalized spacial score (nSPS) is 29.1. The molecule has 0 saturated heterocycles. The van der Waals surface area contributed by atoms with E-state index < -0.39 is 16.9 Å². The van der Waals surface area contributed by atoms with Crippen molar-refractivity contribution in [2.24, 2.45) is 17.8 Å². The van der Waals surface area contributed by atoms with Crippen LogP contribution < -0.4 is 5.11 Å². The number of benzene rings is 3. The molecule has 4 aliphatic rings. The molecule has 1 unspecified atom stereocenters. The smallest absolute Gasteiger partial charge is 0.175 e. The molecule has 3 heteroatoms. The maximum Gasteiger partial charge on any atom is 0.175 e. The third-order valence-corrected chi connectivity index (χ3v) is 10.3. The monoisotopic (exact) mass is 440 g/mol. The number of carboxylic acid groups (broad SMARTS) is 1. The van der Waals surface area contributed by atoms with E-state index in [1.807, 2.05) is 30.3 Å². The first-order valence-corrected chi connectivity index (χ1v) is 13.0. The lowest BCUT2D eigenvalue weighted by Gasteiger charge is -2.57. The van der Waals surface area contributed by atoms with Gasteiger partial charge in [-0.05, 0) is 104 Å². The van der Waals surface area contributed by atoms with Gasteiger partial charge in [0.2, 0.25) is 0 Å². The van der Waals surface area contributed by atoms with Crippen LogP contribution in [0.3, 0.4) is 0 Å². The van der Waals surface area contributed by atoms with E-state index in [-0.39, 0.29) is 5.56 Å². The van der Waals surface area contributed by atoms with Crippen LogP contribution in [-0.4, -0.2) is 5.97 Å². The molecule has 1 atom stereocenters. The Morgan fingerprint density at radius 3 is 1.84 bits per heavy atom. The van der Waals surface area contributed by atoms with E-state index in [4.69, 9.17) is 0 Å². The van der Waals surface area contributed by atoms with Gasteiger partial charge < -0.3 is 9.90 Å². The van der Waals surface area contributed by atoms with E-state index in [0.29, 0.717) is 5.41 Å². The highest BCUT2D eigenvalue weighted by atomic mass is 32.2. The molecule has 4 aliphatic carbocycles. The molecule has 0 N–H and O–H groups in total. The molecule has 3 aromatic rings. The Kier molecular flexibility index (Phi) is 4.91. The van der Waals surface area contributed by atoms with Crippen molar-refractivity contribution in [2.45, 2.75) is 58.6 Å². The molecule has 7 rings (SSSR count). The summed E-state index contributed by atoms with van der Waals surface area (Å²) in [5.74, 6) is 1.67. The molecule has 3 aromatic carbocycles. The summed E-state index contributed by atoms with van der Waals surface area (Å²) < 4.78 is 0. The van der Waals surface area contributed by atoms with Crippen molar-refractivity contribution in [1.82, 2.24) is 0 Å². The molecule has 0 radical (unpaired) electrons. The summed E-state index contributed by atoms with van der Waals surface area (Å²) in [6.45, 7) is 0. The average Bonchev–Trinajstić information content (AvgIpc) is 2.80. The van der Waals surface area contributed by atoms with Crippen LogP contribution in [0.1, 0.15) is 54.4 Å². The topological polar surface area (TPSA) is 40.1 Å². The van der Waals surface area contributed by atoms with Crippen molar-refractivity contribution in [3.05, 3.63) is 90.0 Å². The van der Waals surface area contributed by atoms with Crippen molar-refractivity contribution in [2.75, 3.05) is 0 Å². The van der Waals surface area contributed by atoms with Gasteiger partial charge in [0.1, 0.15) is 0 Å². The second-order valence-electron chi connectivity index (χ2n) is 10.1. The van der Waals surface area contributed by atoms with Gasteiger partial charge in [-0.15, -0.1) is 0 Å². The molecule has 0 heterocycles. The number of rotatable bonds is 5. The lowest BCUT2D eigenvalue weighted by molar-refractivity contribution is -0.255. The Morgan fingerprint density at radius 2 is 1.25 bits per heavy atom. The minimum absolute atomic E-state index is 0.282. The van der Waals surface area contributed by atoms with Crippen molar-refractivity contribution >= 4 is 16.9 Å². The fourth-order valence-corrected chi connectivity index (χ4v) is 9.37. The average molecular weight is 441 g/mol. The van der Waals surface area contributed by atoms with Crippen LogP contribution in [0, 0.1) is 17.8 Å². The third kappa shape index (κ3) is 3.38. The molecule has 4 saturated carbocycles. The molecule has 2 nitrogen and oxygen atoms in total. The highest BCUT2D eigenvalue weighted by Crippen LogP contribution is 2.60. The molecule has 32 heavy (non-hydrogen) atoms. The summed E-state index contributed by atoms with van der Waals surface area (Å²) in [6, 6.07) is 26.8. The summed E-state index contributed by atoms with van der Waals surface area (Å²) >= 11 is 0. The van der Waals surface area contributed by atoms with E-state index in [0.717, 1.165) is 27.5 Å². The standard InChI is InChI=1S/C29H28O2S/c30-28(31)26-8-4-5-9-27(26)32(24-6-2-1-3-7-24)25-12-10-23(11-13-25)29-17-20-14-21(18-29)16-22(15-20)19-29/h1-13,20-22H,14-19H2. The van der Waals surface area contributed by atoms with Crippen LogP contribution in [0.25, 0.3) is 0 Å². The van der Waals surface area contributed by atoms with Crippen LogP contribution in [0.4, 0.5) is 0 Å². The Labute approximate surface area is 193 Å². The summed E-state index contributed by atoms with van der Waals surface area (Å²) in [4.78, 5) is 15.0. The molecular weight excluding hydrogens is 412 g/mol. The lowest BCUT2D eigenvalue weighted by atomic mass is 9.48. The van der Waals surface area contributed by atoms with Crippen LogP contribution in [0.15, 0.2) is 93.5 Å². The van der Waals surface area contributed by atoms with Crippen LogP contribution in [-0.2, 0) is 16.3 Å². The molecule has 0 amide bonds. The Balaban J connectivity index is 1.41. The SMILES string of the molecule is O=C([O-])c1ccccc1[S+](c1ccccc1)c1ccc(C23CC4CC(CC(C4)C2)C3)cc1. The first-order chi connectivity index (χ1) is 15.6. The van der Waals surface area contributed by atoms with E-state index >= 15 is 0 Å². The highest BCUT2D eigenvalue weighted by Gasteiger charge is 2.51. The molecule has 0 aromatic heterocycles. The zero-order valence-corrected chi connectivity index (χ0v) is 19.0. The summed E-state index contributed by atoms with van der Waals surface area (Å²) in [5, 5.41) is 11.9. The number of carboxylic acids is 1. The van der Waals surface area contributed by atoms with Gasteiger partial charge >= 0.3 is 0 Å². The number of aromatic carboxylic acids is 1. The lowest BCUT2D eigenvalue weighted by Crippen LogP contribution is -2.48. The first-order valence-electron chi connectivity index (χ1n) is 11.8. The Hall–Kier alpha value is -2.52. The van der Waals surface area contributed by atoms with E-state index in [2.05, 4.69) is 36.4 Å². The van der Waals surface area contributed by atoms with Gasteiger partial charge in [-0.2, -0.15) is 0 Å². The minimum atomic E-state index is -1.11. The molecule has 4 bridgehead atoms. The van der Waals surface area contributed by atoms with Crippen molar-refractivity contribution < 1.29 is 9.90 Å². The third-order valence-electron chi connectivity index (χ3n) is 8.05. The molecule has 4 fully saturated rings. The maximum atomic E-state index is 11.9. The Morgan fingerprint density at radius 1 is 0.719 bits per heavy atom. The molecule has 162 valence electrons. The van der Waals surface area contributed by atoms with Crippen LogP contribution in [0.5, 0.6) is 0 Å². The summed E-state index contributed by atoms with van der Waals surface area (Å²) in [7, 11) is -0.488. The van der Waals surface area contributed by atoms with E-state index in [1.54, 1.807) is 12.1 Å². The van der Waals surface area contributed by atoms with Crippen LogP contribution >= 0.6 is 0 Å². The number of carbonyl (C=O) groups excluding carboxylic acids is 1. The summed E-state index contributed by atoms with van der Waals surface area (Å²) in [5.41, 5.74) is 2.16. The minimum Gasteiger partial charge on any atom is -0.545 e. The second-order valence-corrected chi connectivity index (χ2v) is 12.1. The largest absolute Gasteiger partial charge is 0.545 e. The predicted molar refractivity (Wildman–Crippen MR) is 126 cm³/mol. The fraction of sp³-hybridized carbons (Fsp3) is 0.345. The fourth-order valence-electron chi connectivity index (χ4n) is 7.17. The molecule has 0 spiro atoms. The van der Waals surface area contributed by atoms with Gasteiger partial charge in [0.25, 0.3) is 0 Å². The molecule has 0 aliphatic heterocycles. The predicted octanol–water partition coefficient (Wildman–Crippen LogP) is 5.61. The highest BCUT2D eigenvalue weighted by molar-refractivity contribution is 7.97. The van der Waals surface area contributed by atoms with Gasteiger partial charge in [-0.3, -0.25) is 0 Å². The van der Waals surface area contributed by atoms with E-state index in [1.165, 1.54) is 49.0 Å². The maximum absolute atomic E-state index is 11.9. The second kappa shape index (κ2) is 7.81. The van der Waals surface area contributed by atoms with Crippen molar-refractivity contribution in [1.29, 1.82) is 0 Å². The first kappa shape index (κ1) is 20.1. The van der Waals surface area contributed by atoms with Crippen molar-refractivity contribution in [3.8, 4) is 0 Å². The Bertz CT molecular complexity index is 1100. The zero-order chi connectivity index (χ0) is 21.7. The van der Waals surface area contributed by atoms with Gasteiger partial charge in [0, 0.05) is 0 Å². The zero-order valence-electron chi connectivity index (χ0n) is 18.2. The van der Waals surface area contributed by atoms with Gasteiger partial charge in [-0.25, -0.2) is 0 Å². The number of carbonyl (C=O) groups is 1. The van der Waals surface area contributed by atoms with E-state index in [9.17, 15) is 9.90 Å². The van der Waals surface area contributed by atoms with Crippen molar-refractivity contribution in [3.63, 3.8) is 0 Å². The quantitative estimate of drug-likeness (QED) is 0.484. The van der Waals surface area contributed by atoms with Gasteiger partial charge in [-0.1, -0.05) is 42.5 Å². The van der Waals surface area contributed by atoms with Crippen LogP contribution in [0.2, 0.25) is 0 Å². The molecular formula is C29H28O2S. The van der Waals surface area contributed by atoms with Gasteiger partial charge in [0.05, 0.1) is 22.4 Å². The van der Waals surface area contributed by atoms with Gasteiger partial charge in [0.15, 0.2) is 14.7 Å². The summed E-state index contributed by atoms with van der Waals surface area (Å²) in [6.07, 6.45) is 8.43. The number of hydrogen-bond acceptors (Lipinski definition) is 2. The number of hydrogen-bond donors (Lipinski definition) is 0.